The van der Waals surface area contributed by atoms with Gasteiger partial charge in [0.1, 0.15) is 18.2 Å². The molecule has 0 spiro atoms. The van der Waals surface area contributed by atoms with Crippen LogP contribution in [0.4, 0.5) is 10.1 Å². The van der Waals surface area contributed by atoms with Crippen LogP contribution in [0.1, 0.15) is 18.3 Å². The quantitative estimate of drug-likeness (QED) is 0.418. The van der Waals surface area contributed by atoms with E-state index < -0.39 is 5.69 Å². The van der Waals surface area contributed by atoms with E-state index in [1.54, 1.807) is 25.2 Å². The van der Waals surface area contributed by atoms with Crippen LogP contribution in [0.3, 0.4) is 0 Å². The minimum Gasteiger partial charge on any atom is -0.495 e. The molecule has 0 atom stereocenters. The second kappa shape index (κ2) is 11.1. The van der Waals surface area contributed by atoms with Gasteiger partial charge in [0.2, 0.25) is 0 Å². The first-order valence-electron chi connectivity index (χ1n) is 10.7. The smallest absolute Gasteiger partial charge is 0.369 e. The van der Waals surface area contributed by atoms with E-state index in [1.807, 2.05) is 43.2 Å². The third kappa shape index (κ3) is 5.43. The molecule has 2 heterocycles. The number of benzene rings is 2. The van der Waals surface area contributed by atoms with Gasteiger partial charge in [-0.3, -0.25) is 9.67 Å². The molecule has 1 aliphatic rings. The number of aromatic nitrogens is 3. The normalized spacial score (nSPS) is 12.8. The first-order valence-corrected chi connectivity index (χ1v) is 10.7. The van der Waals surface area contributed by atoms with Gasteiger partial charge in [-0.05, 0) is 55.8 Å². The van der Waals surface area contributed by atoms with E-state index in [-0.39, 0.29) is 5.82 Å². The zero-order valence-electron chi connectivity index (χ0n) is 19.7. The number of aliphatic imine (C=N–C) groups is 1. The number of ether oxygens (including phenoxy) is 2. The summed E-state index contributed by atoms with van der Waals surface area (Å²) in [6.07, 6.45) is 5.66. The van der Waals surface area contributed by atoms with E-state index in [1.165, 1.54) is 34.5 Å². The number of methoxy groups -OCH3 is 1. The molecule has 0 aliphatic carbocycles. The molecule has 0 saturated heterocycles. The third-order valence-electron chi connectivity index (χ3n) is 4.93. The highest BCUT2D eigenvalue weighted by atomic mass is 19.1. The van der Waals surface area contributed by atoms with Crippen molar-refractivity contribution < 1.29 is 13.9 Å². The first kappa shape index (κ1) is 24.5. The Morgan fingerprint density at radius 1 is 1.26 bits per heavy atom. The largest absolute Gasteiger partial charge is 0.495 e. The number of nitrogens with zero attached hydrogens (tertiary/aromatic N) is 5. The molecule has 0 bridgehead atoms. The Morgan fingerprint density at radius 3 is 2.65 bits per heavy atom. The van der Waals surface area contributed by atoms with Crippen LogP contribution >= 0.6 is 0 Å². The van der Waals surface area contributed by atoms with Gasteiger partial charge < -0.3 is 14.4 Å². The lowest BCUT2D eigenvalue weighted by Crippen LogP contribution is -2.25. The number of rotatable bonds is 5. The first-order chi connectivity index (χ1) is 16.4. The summed E-state index contributed by atoms with van der Waals surface area (Å²) < 4.78 is 26.6. The average Bonchev–Trinajstić information content (AvgIpc) is 3.17. The zero-order valence-corrected chi connectivity index (χ0v) is 19.7. The highest BCUT2D eigenvalue weighted by Gasteiger charge is 2.21. The van der Waals surface area contributed by atoms with Crippen LogP contribution in [0, 0.1) is 12.7 Å². The molecular formula is C25H28FN5O3. The van der Waals surface area contributed by atoms with Gasteiger partial charge in [0.15, 0.2) is 11.6 Å². The molecular weight excluding hydrogens is 437 g/mol. The molecule has 1 aliphatic heterocycles. The Hall–Kier alpha value is -4.14. The Kier molecular flexibility index (Phi) is 8.02. The van der Waals surface area contributed by atoms with Crippen LogP contribution in [0.2, 0.25) is 0 Å². The van der Waals surface area contributed by atoms with Crippen molar-refractivity contribution in [2.75, 3.05) is 25.7 Å². The van der Waals surface area contributed by atoms with Crippen LogP contribution in [0.5, 0.6) is 5.75 Å². The lowest BCUT2D eigenvalue weighted by atomic mass is 10.2. The maximum absolute atomic E-state index is 12.9. The molecule has 34 heavy (non-hydrogen) atoms. The van der Waals surface area contributed by atoms with E-state index in [9.17, 15) is 9.18 Å². The molecule has 0 saturated carbocycles. The fourth-order valence-electron chi connectivity index (χ4n) is 3.42. The summed E-state index contributed by atoms with van der Waals surface area (Å²) in [4.78, 5) is 21.7. The predicted molar refractivity (Wildman–Crippen MR) is 132 cm³/mol. The van der Waals surface area contributed by atoms with Gasteiger partial charge in [0, 0.05) is 13.2 Å². The zero-order chi connectivity index (χ0) is 24.7. The number of aryl methyl sites for hydroxylation is 1. The van der Waals surface area contributed by atoms with Crippen molar-refractivity contribution in [3.05, 3.63) is 89.0 Å². The number of halogens is 1. The minimum absolute atomic E-state index is 0.349. The van der Waals surface area contributed by atoms with Gasteiger partial charge in [-0.25, -0.2) is 9.18 Å². The Labute approximate surface area is 197 Å². The molecule has 0 unspecified atom stereocenters. The molecule has 0 amide bonds. The van der Waals surface area contributed by atoms with Crippen molar-refractivity contribution in [2.24, 2.45) is 4.99 Å². The molecule has 1 aromatic heterocycles. The number of anilines is 1. The third-order valence-corrected chi connectivity index (χ3v) is 4.93. The van der Waals surface area contributed by atoms with E-state index in [4.69, 9.17) is 9.47 Å². The van der Waals surface area contributed by atoms with E-state index >= 15 is 0 Å². The Morgan fingerprint density at radius 2 is 2.00 bits per heavy atom. The van der Waals surface area contributed by atoms with Crippen LogP contribution in [-0.4, -0.2) is 41.5 Å². The summed E-state index contributed by atoms with van der Waals surface area (Å²) in [6.45, 7) is 8.65. The van der Waals surface area contributed by atoms with Gasteiger partial charge in [-0.2, -0.15) is 9.67 Å². The van der Waals surface area contributed by atoms with Crippen LogP contribution in [0.15, 0.2) is 71.1 Å². The van der Waals surface area contributed by atoms with Gasteiger partial charge in [-0.1, -0.05) is 18.7 Å². The van der Waals surface area contributed by atoms with Crippen LogP contribution in [0.25, 0.3) is 11.4 Å². The van der Waals surface area contributed by atoms with Gasteiger partial charge in [0.25, 0.3) is 0 Å². The van der Waals surface area contributed by atoms with E-state index in [0.29, 0.717) is 30.4 Å². The lowest BCUT2D eigenvalue weighted by Gasteiger charge is -2.19. The number of allylic oxidation sites excluding steroid dienone is 1. The van der Waals surface area contributed by atoms with Crippen LogP contribution in [-0.2, 0) is 11.3 Å². The summed E-state index contributed by atoms with van der Waals surface area (Å²) in [5.41, 5.74) is 2.30. The summed E-state index contributed by atoms with van der Waals surface area (Å²) in [7, 11) is 3.42. The van der Waals surface area contributed by atoms with Gasteiger partial charge >= 0.3 is 5.69 Å². The number of fused-ring (bicyclic) bond motifs is 1. The summed E-state index contributed by atoms with van der Waals surface area (Å²) in [6, 6.07) is 11.8. The summed E-state index contributed by atoms with van der Waals surface area (Å²) in [5.74, 6) is 1.28. The molecule has 2 aromatic carbocycles. The van der Waals surface area contributed by atoms with Gasteiger partial charge in [-0.15, -0.1) is 0 Å². The standard InChI is InChI=1S/C13H18N2O.C12H10FN3O2/c1-5-8-15(10-14-3)12-7-6-11(2)9-13(12)16-4;1-8-11-14-12(17)16(15(11)6-7-18-8)10-4-2-9(13)3-5-10/h5-10H,1-4H3;2-5H,1,6-7H2/b8-5+,14-10?;. The molecule has 0 N–H and O–H groups in total. The highest BCUT2D eigenvalue weighted by Crippen LogP contribution is 2.28. The molecule has 0 radical (unpaired) electrons. The summed E-state index contributed by atoms with van der Waals surface area (Å²) >= 11 is 0. The predicted octanol–water partition coefficient (Wildman–Crippen LogP) is 4.18. The van der Waals surface area contributed by atoms with Crippen molar-refractivity contribution in [3.63, 3.8) is 0 Å². The molecule has 4 rings (SSSR count). The van der Waals surface area contributed by atoms with Crippen molar-refractivity contribution in [2.45, 2.75) is 20.4 Å². The highest BCUT2D eigenvalue weighted by molar-refractivity contribution is 5.84. The second-order valence-corrected chi connectivity index (χ2v) is 7.34. The van der Waals surface area contributed by atoms with Crippen molar-refractivity contribution in [1.82, 2.24) is 14.3 Å². The number of hydrogen-bond donors (Lipinski definition) is 0. The Balaban J connectivity index is 0.000000192. The van der Waals surface area contributed by atoms with Crippen molar-refractivity contribution in [1.29, 1.82) is 0 Å². The van der Waals surface area contributed by atoms with E-state index in [0.717, 1.165) is 11.4 Å². The molecule has 178 valence electrons. The van der Waals surface area contributed by atoms with Crippen molar-refractivity contribution in [3.8, 4) is 11.4 Å². The maximum atomic E-state index is 12.9. The maximum Gasteiger partial charge on any atom is 0.369 e. The van der Waals surface area contributed by atoms with Gasteiger partial charge in [0.05, 0.1) is 31.4 Å². The molecule has 8 nitrogen and oxygen atoms in total. The summed E-state index contributed by atoms with van der Waals surface area (Å²) in [5, 5.41) is 0. The lowest BCUT2D eigenvalue weighted by molar-refractivity contribution is 0.222. The number of hydrogen-bond acceptors (Lipinski definition) is 5. The molecule has 3 aromatic rings. The topological polar surface area (TPSA) is 73.9 Å². The molecule has 0 fully saturated rings. The molecule has 9 heteroatoms. The Bertz CT molecular complexity index is 1250. The van der Waals surface area contributed by atoms with Crippen molar-refractivity contribution >= 4 is 17.8 Å². The monoisotopic (exact) mass is 465 g/mol. The van der Waals surface area contributed by atoms with Crippen LogP contribution < -0.4 is 15.3 Å². The fraction of sp³-hybridized carbons (Fsp3) is 0.240. The second-order valence-electron chi connectivity index (χ2n) is 7.34. The SMILES string of the molecule is C/C=C/N(C=NC)c1ccc(C)cc1OC.C=C1OCCn2c1nc(=O)n2-c1ccc(F)cc1. The average molecular weight is 466 g/mol. The van der Waals surface area contributed by atoms with E-state index in [2.05, 4.69) is 22.6 Å². The fourth-order valence-corrected chi connectivity index (χ4v) is 3.42. The minimum atomic E-state index is -0.428.